The number of benzene rings is 1. The van der Waals surface area contributed by atoms with E-state index in [1.54, 1.807) is 43.0 Å². The molecule has 0 radical (unpaired) electrons. The molecule has 12 heteroatoms. The number of aromatic nitrogens is 2. The van der Waals surface area contributed by atoms with E-state index in [1.165, 1.54) is 24.4 Å². The molecule has 0 saturated carbocycles. The van der Waals surface area contributed by atoms with Crippen LogP contribution in [-0.4, -0.2) is 59.2 Å². The van der Waals surface area contributed by atoms with Crippen molar-refractivity contribution in [3.05, 3.63) is 60.1 Å². The van der Waals surface area contributed by atoms with Crippen molar-refractivity contribution in [3.63, 3.8) is 0 Å². The summed E-state index contributed by atoms with van der Waals surface area (Å²) in [5, 5.41) is 2.39. The molecule has 9 nitrogen and oxygen atoms in total. The molecule has 1 fully saturated rings. The van der Waals surface area contributed by atoms with Crippen LogP contribution in [0.4, 0.5) is 29.5 Å². The van der Waals surface area contributed by atoms with Gasteiger partial charge in [0.2, 0.25) is 11.7 Å². The third-order valence-corrected chi connectivity index (χ3v) is 5.32. The Kier molecular flexibility index (Phi) is 7.13. The number of oxazole rings is 1. The molecule has 3 heterocycles. The highest BCUT2D eigenvalue weighted by atomic mass is 19.4. The fraction of sp³-hybridized carbons (Fsp3) is 0.333. The lowest BCUT2D eigenvalue weighted by atomic mass is 10.2. The Morgan fingerprint density at radius 1 is 1.06 bits per heavy atom. The van der Waals surface area contributed by atoms with Gasteiger partial charge in [-0.25, -0.2) is 14.8 Å². The number of piperazine rings is 1. The maximum absolute atomic E-state index is 13.5. The number of nitrogens with zero attached hydrogens (tertiary/aromatic N) is 4. The van der Waals surface area contributed by atoms with Gasteiger partial charge in [-0.05, 0) is 38.1 Å². The Labute approximate surface area is 204 Å². The molecular formula is C24H24F3N5O4. The van der Waals surface area contributed by atoms with Gasteiger partial charge in [-0.2, -0.15) is 13.2 Å². The Morgan fingerprint density at radius 3 is 2.33 bits per heavy atom. The van der Waals surface area contributed by atoms with Crippen LogP contribution in [0.15, 0.2) is 53.1 Å². The van der Waals surface area contributed by atoms with E-state index in [0.717, 1.165) is 0 Å². The first-order valence-electron chi connectivity index (χ1n) is 11.2. The lowest BCUT2D eigenvalue weighted by molar-refractivity contribution is -0.153. The second-order valence-electron chi connectivity index (χ2n) is 8.33. The van der Waals surface area contributed by atoms with Gasteiger partial charge in [0.05, 0.1) is 18.0 Å². The number of hydrogen-bond acceptors (Lipinski definition) is 7. The molecular weight excluding hydrogens is 479 g/mol. The van der Waals surface area contributed by atoms with Crippen LogP contribution in [0, 0.1) is 0 Å². The first-order valence-corrected chi connectivity index (χ1v) is 11.2. The second kappa shape index (κ2) is 10.3. The average Bonchev–Trinajstić information content (AvgIpc) is 3.31. The van der Waals surface area contributed by atoms with E-state index >= 15 is 0 Å². The molecule has 0 atom stereocenters. The number of nitrogens with one attached hydrogen (secondary N) is 1. The maximum Gasteiger partial charge on any atom is 0.452 e. The van der Waals surface area contributed by atoms with E-state index in [2.05, 4.69) is 15.3 Å². The summed E-state index contributed by atoms with van der Waals surface area (Å²) in [6, 6.07) is 11.2. The lowest BCUT2D eigenvalue weighted by Crippen LogP contribution is -2.49. The number of carbonyl (C=O) groups excluding carboxylic acids is 2. The van der Waals surface area contributed by atoms with Gasteiger partial charge < -0.3 is 24.3 Å². The lowest BCUT2D eigenvalue weighted by Gasteiger charge is -2.35. The molecule has 1 aliphatic heterocycles. The summed E-state index contributed by atoms with van der Waals surface area (Å²) in [6.45, 7) is 5.55. The Morgan fingerprint density at radius 2 is 1.75 bits per heavy atom. The predicted molar refractivity (Wildman–Crippen MR) is 125 cm³/mol. The molecule has 0 aliphatic carbocycles. The fourth-order valence-electron chi connectivity index (χ4n) is 3.60. The Hall–Kier alpha value is -4.09. The summed E-state index contributed by atoms with van der Waals surface area (Å²) in [5.74, 6) is -2.25. The van der Waals surface area contributed by atoms with Crippen LogP contribution in [0.25, 0.3) is 11.5 Å². The van der Waals surface area contributed by atoms with Gasteiger partial charge in [0.15, 0.2) is 5.69 Å². The number of anilines is 2. The molecule has 2 amide bonds. The molecule has 190 valence electrons. The van der Waals surface area contributed by atoms with Crippen LogP contribution in [0.2, 0.25) is 0 Å². The number of carbonyl (C=O) groups is 2. The molecule has 1 saturated heterocycles. The van der Waals surface area contributed by atoms with E-state index in [9.17, 15) is 22.8 Å². The topological polar surface area (TPSA) is 101 Å². The summed E-state index contributed by atoms with van der Waals surface area (Å²) in [7, 11) is 0. The minimum Gasteiger partial charge on any atom is -0.447 e. The molecule has 3 aromatic rings. The van der Waals surface area contributed by atoms with Crippen LogP contribution < -0.4 is 10.2 Å². The normalized spacial score (nSPS) is 14.2. The number of pyridine rings is 1. The van der Waals surface area contributed by atoms with Gasteiger partial charge in [-0.3, -0.25) is 4.79 Å². The van der Waals surface area contributed by atoms with E-state index in [1.807, 2.05) is 4.90 Å². The zero-order valence-electron chi connectivity index (χ0n) is 19.6. The third kappa shape index (κ3) is 5.75. The molecule has 0 unspecified atom stereocenters. The first kappa shape index (κ1) is 25.0. The second-order valence-corrected chi connectivity index (χ2v) is 8.33. The maximum atomic E-state index is 13.5. The van der Waals surface area contributed by atoms with Gasteiger partial charge in [-0.1, -0.05) is 18.2 Å². The van der Waals surface area contributed by atoms with E-state index < -0.39 is 23.5 Å². The van der Waals surface area contributed by atoms with E-state index in [-0.39, 0.29) is 23.8 Å². The average molecular weight is 503 g/mol. The smallest absolute Gasteiger partial charge is 0.447 e. The largest absolute Gasteiger partial charge is 0.452 e. The van der Waals surface area contributed by atoms with Crippen LogP contribution in [0.1, 0.15) is 30.1 Å². The number of hydrogen-bond donors (Lipinski definition) is 1. The highest BCUT2D eigenvalue weighted by Crippen LogP contribution is 2.35. The van der Waals surface area contributed by atoms with Crippen molar-refractivity contribution >= 4 is 23.5 Å². The van der Waals surface area contributed by atoms with Gasteiger partial charge >= 0.3 is 12.3 Å². The summed E-state index contributed by atoms with van der Waals surface area (Å²) in [5.41, 5.74) is -0.360. The quantitative estimate of drug-likeness (QED) is 0.540. The van der Waals surface area contributed by atoms with E-state index in [0.29, 0.717) is 37.6 Å². The molecule has 1 aromatic carbocycles. The molecule has 0 spiro atoms. The van der Waals surface area contributed by atoms with Crippen molar-refractivity contribution in [3.8, 4) is 11.5 Å². The highest BCUT2D eigenvalue weighted by molar-refractivity contribution is 6.04. The third-order valence-electron chi connectivity index (χ3n) is 5.32. The van der Waals surface area contributed by atoms with Crippen LogP contribution in [0.5, 0.6) is 0 Å². The molecule has 1 aliphatic rings. The van der Waals surface area contributed by atoms with Gasteiger partial charge in [0.25, 0.3) is 5.91 Å². The number of amides is 2. The van der Waals surface area contributed by atoms with E-state index in [4.69, 9.17) is 9.15 Å². The van der Waals surface area contributed by atoms with Gasteiger partial charge in [0.1, 0.15) is 5.82 Å². The SMILES string of the molecule is CC(C)OC(=O)N1CCN(c2ccc(NC(=O)c3nc(-c4ccccc4)oc3C(F)(F)F)cn2)CC1. The van der Waals surface area contributed by atoms with Crippen molar-refractivity contribution in [1.82, 2.24) is 14.9 Å². The number of halogens is 3. The van der Waals surface area contributed by atoms with Gasteiger partial charge in [-0.15, -0.1) is 0 Å². The van der Waals surface area contributed by atoms with Gasteiger partial charge in [0, 0.05) is 31.7 Å². The minimum absolute atomic E-state index is 0.195. The molecule has 36 heavy (non-hydrogen) atoms. The monoisotopic (exact) mass is 503 g/mol. The number of ether oxygens (including phenoxy) is 1. The van der Waals surface area contributed by atoms with Crippen molar-refractivity contribution < 1.29 is 31.9 Å². The summed E-state index contributed by atoms with van der Waals surface area (Å²) in [6.07, 6.45) is -4.12. The number of rotatable bonds is 5. The van der Waals surface area contributed by atoms with Crippen molar-refractivity contribution in [1.29, 1.82) is 0 Å². The van der Waals surface area contributed by atoms with Crippen LogP contribution in [-0.2, 0) is 10.9 Å². The summed E-state index contributed by atoms with van der Waals surface area (Å²) < 4.78 is 50.7. The Balaban J connectivity index is 1.43. The van der Waals surface area contributed by atoms with Crippen LogP contribution in [0.3, 0.4) is 0 Å². The minimum atomic E-state index is -4.90. The molecule has 2 aromatic heterocycles. The van der Waals surface area contributed by atoms with Crippen molar-refractivity contribution in [2.24, 2.45) is 0 Å². The Bertz CT molecular complexity index is 1200. The fourth-order valence-corrected chi connectivity index (χ4v) is 3.60. The zero-order valence-corrected chi connectivity index (χ0v) is 19.6. The summed E-state index contributed by atoms with van der Waals surface area (Å²) in [4.78, 5) is 36.4. The van der Waals surface area contributed by atoms with Crippen molar-refractivity contribution in [2.75, 3.05) is 36.4 Å². The molecule has 4 rings (SSSR count). The predicted octanol–water partition coefficient (Wildman–Crippen LogP) is 4.67. The van der Waals surface area contributed by atoms with Crippen LogP contribution >= 0.6 is 0 Å². The standard InChI is InChI=1S/C24H24F3N5O4/c1-15(2)35-23(34)32-12-10-31(11-13-32)18-9-8-17(14-28-18)29-21(33)19-20(24(25,26)27)36-22(30-19)16-6-4-3-5-7-16/h3-9,14-15H,10-13H2,1-2H3,(H,29,33). The zero-order chi connectivity index (χ0) is 25.9. The first-order chi connectivity index (χ1) is 17.1. The highest BCUT2D eigenvalue weighted by Gasteiger charge is 2.42. The van der Waals surface area contributed by atoms with Crippen molar-refractivity contribution in [2.45, 2.75) is 26.1 Å². The molecule has 1 N–H and O–H groups in total. The summed E-state index contributed by atoms with van der Waals surface area (Å²) >= 11 is 0. The number of alkyl halides is 3. The molecule has 0 bridgehead atoms.